The molecular weight excluding hydrogens is 249 g/mol. The molecule has 2 rings (SSSR count). The number of fused-ring (bicyclic) bond motifs is 1. The van der Waals surface area contributed by atoms with Gasteiger partial charge in [0, 0.05) is 29.9 Å². The quantitative estimate of drug-likeness (QED) is 0.791. The summed E-state index contributed by atoms with van der Waals surface area (Å²) < 4.78 is 40.7. The van der Waals surface area contributed by atoms with Crippen LogP contribution in [0.2, 0.25) is 0 Å². The van der Waals surface area contributed by atoms with E-state index in [0.29, 0.717) is 22.9 Å². The summed E-state index contributed by atoms with van der Waals surface area (Å²) in [6.07, 6.45) is -1.03. The lowest BCUT2D eigenvalue weighted by molar-refractivity contribution is -0.325. The highest BCUT2D eigenvalue weighted by molar-refractivity contribution is 5.95. The monoisotopic (exact) mass is 258 g/mol. The van der Waals surface area contributed by atoms with Gasteiger partial charge in [0.2, 0.25) is 0 Å². The Labute approximate surface area is 100.0 Å². The van der Waals surface area contributed by atoms with E-state index in [1.165, 1.54) is 17.0 Å². The van der Waals surface area contributed by atoms with Crippen LogP contribution >= 0.6 is 0 Å². The van der Waals surface area contributed by atoms with Crippen molar-refractivity contribution < 1.29 is 22.7 Å². The van der Waals surface area contributed by atoms with E-state index in [9.17, 15) is 18.0 Å². The van der Waals surface area contributed by atoms with Crippen molar-refractivity contribution in [3.05, 3.63) is 30.1 Å². The first-order chi connectivity index (χ1) is 8.51. The molecule has 2 aromatic heterocycles. The molecule has 0 aliphatic rings. The number of carbonyl (C=O) groups excluding carboxylic acids is 1. The number of carbonyl (C=O) groups is 1. The number of ether oxygens (including phenoxy) is 1. The summed E-state index contributed by atoms with van der Waals surface area (Å²) in [6, 6.07) is 3.35. The van der Waals surface area contributed by atoms with Crippen LogP contribution in [-0.2, 0) is 11.3 Å². The van der Waals surface area contributed by atoms with Crippen molar-refractivity contribution >= 4 is 17.3 Å². The molecule has 0 bridgehead atoms. The fourth-order valence-electron chi connectivity index (χ4n) is 1.67. The Morgan fingerprint density at radius 3 is 2.89 bits per heavy atom. The van der Waals surface area contributed by atoms with Crippen molar-refractivity contribution in [3.8, 4) is 0 Å². The molecule has 0 N–H and O–H groups in total. The molecule has 2 heterocycles. The van der Waals surface area contributed by atoms with Crippen molar-refractivity contribution in [2.24, 2.45) is 0 Å². The maximum absolute atomic E-state index is 11.8. The van der Waals surface area contributed by atoms with Crippen LogP contribution in [0, 0.1) is 0 Å². The summed E-state index contributed by atoms with van der Waals surface area (Å²) in [6.45, 7) is -0.553. The lowest BCUT2D eigenvalue weighted by atomic mass is 10.2. The van der Waals surface area contributed by atoms with Gasteiger partial charge in [-0.15, -0.1) is 13.2 Å². The minimum absolute atomic E-state index is 0.0269. The van der Waals surface area contributed by atoms with Crippen molar-refractivity contribution in [2.45, 2.75) is 12.9 Å². The molecular formula is C11H9F3N2O2. The number of hydrogen-bond donors (Lipinski definition) is 0. The average Bonchev–Trinajstić information content (AvgIpc) is 2.66. The zero-order valence-electron chi connectivity index (χ0n) is 9.15. The fraction of sp³-hybridized carbons (Fsp3) is 0.273. The summed E-state index contributed by atoms with van der Waals surface area (Å²) in [5, 5.41) is 0.611. The van der Waals surface area contributed by atoms with Gasteiger partial charge in [0.25, 0.3) is 0 Å². The van der Waals surface area contributed by atoms with Crippen LogP contribution in [0.15, 0.2) is 24.5 Å². The van der Waals surface area contributed by atoms with E-state index in [1.54, 1.807) is 12.1 Å². The topological polar surface area (TPSA) is 44.1 Å². The number of nitrogens with zero attached hydrogens (tertiary/aromatic N) is 2. The van der Waals surface area contributed by atoms with Crippen LogP contribution in [0.3, 0.4) is 0 Å². The Morgan fingerprint density at radius 1 is 1.44 bits per heavy atom. The van der Waals surface area contributed by atoms with Crippen LogP contribution in [0.5, 0.6) is 0 Å². The fourth-order valence-corrected chi connectivity index (χ4v) is 1.67. The number of halogens is 3. The van der Waals surface area contributed by atoms with Crippen LogP contribution < -0.4 is 0 Å². The zero-order valence-corrected chi connectivity index (χ0v) is 9.15. The van der Waals surface area contributed by atoms with Gasteiger partial charge in [-0.25, -0.2) is 4.98 Å². The van der Waals surface area contributed by atoms with Crippen molar-refractivity contribution in [1.82, 2.24) is 9.55 Å². The molecule has 0 unspecified atom stereocenters. The first-order valence-corrected chi connectivity index (χ1v) is 5.11. The summed E-state index contributed by atoms with van der Waals surface area (Å²) in [5.74, 6) is 0. The van der Waals surface area contributed by atoms with Gasteiger partial charge in [-0.3, -0.25) is 9.53 Å². The molecule has 0 atom stereocenters. The van der Waals surface area contributed by atoms with E-state index < -0.39 is 13.0 Å². The Hall–Kier alpha value is -1.89. The Balaban J connectivity index is 2.21. The minimum Gasteiger partial charge on any atom is -0.329 e. The molecule has 0 spiro atoms. The first-order valence-electron chi connectivity index (χ1n) is 5.11. The van der Waals surface area contributed by atoms with E-state index in [2.05, 4.69) is 9.72 Å². The highest BCUT2D eigenvalue weighted by Crippen LogP contribution is 2.19. The Bertz CT molecular complexity index is 563. The third-order valence-corrected chi connectivity index (χ3v) is 2.39. The van der Waals surface area contributed by atoms with Crippen molar-refractivity contribution in [2.75, 3.05) is 6.61 Å². The van der Waals surface area contributed by atoms with Gasteiger partial charge in [-0.05, 0) is 12.1 Å². The lowest BCUT2D eigenvalue weighted by Gasteiger charge is -2.08. The predicted octanol–water partition coefficient (Wildman–Crippen LogP) is 2.39. The van der Waals surface area contributed by atoms with Crippen LogP contribution in [0.25, 0.3) is 11.0 Å². The first kappa shape index (κ1) is 12.6. The molecule has 2 aromatic rings. The molecule has 0 aliphatic carbocycles. The summed E-state index contributed by atoms with van der Waals surface area (Å²) in [5.41, 5.74) is 0.857. The van der Waals surface area contributed by atoms with Crippen LogP contribution in [0.1, 0.15) is 10.4 Å². The van der Waals surface area contributed by atoms with Crippen LogP contribution in [-0.4, -0.2) is 28.8 Å². The third kappa shape index (κ3) is 2.67. The van der Waals surface area contributed by atoms with Crippen LogP contribution in [0.4, 0.5) is 13.2 Å². The van der Waals surface area contributed by atoms with Gasteiger partial charge in [-0.2, -0.15) is 0 Å². The van der Waals surface area contributed by atoms with Crippen molar-refractivity contribution in [3.63, 3.8) is 0 Å². The number of hydrogen-bond acceptors (Lipinski definition) is 3. The molecule has 4 nitrogen and oxygen atoms in total. The number of aromatic nitrogens is 2. The lowest BCUT2D eigenvalue weighted by Crippen LogP contribution is -2.17. The van der Waals surface area contributed by atoms with E-state index in [-0.39, 0.29) is 6.54 Å². The molecule has 0 aromatic carbocycles. The number of aldehydes is 1. The predicted molar refractivity (Wildman–Crippen MR) is 57.1 cm³/mol. The number of rotatable bonds is 4. The molecule has 0 radical (unpaired) electrons. The molecule has 18 heavy (non-hydrogen) atoms. The highest BCUT2D eigenvalue weighted by Gasteiger charge is 2.28. The van der Waals surface area contributed by atoms with E-state index in [0.717, 1.165) is 0 Å². The molecule has 0 saturated heterocycles. The Morgan fingerprint density at radius 2 is 2.22 bits per heavy atom. The second kappa shape index (κ2) is 4.77. The third-order valence-electron chi connectivity index (χ3n) is 2.39. The van der Waals surface area contributed by atoms with Gasteiger partial charge in [0.05, 0.1) is 6.61 Å². The average molecular weight is 258 g/mol. The smallest absolute Gasteiger partial charge is 0.329 e. The molecule has 0 fully saturated rings. The van der Waals surface area contributed by atoms with Crippen molar-refractivity contribution in [1.29, 1.82) is 0 Å². The zero-order chi connectivity index (χ0) is 13.2. The second-order valence-corrected chi connectivity index (χ2v) is 3.56. The highest BCUT2D eigenvalue weighted by atomic mass is 19.4. The van der Waals surface area contributed by atoms with E-state index >= 15 is 0 Å². The van der Waals surface area contributed by atoms with Gasteiger partial charge >= 0.3 is 6.36 Å². The minimum atomic E-state index is -4.65. The summed E-state index contributed by atoms with van der Waals surface area (Å²) in [4.78, 5) is 14.8. The maximum Gasteiger partial charge on any atom is 0.522 e. The second-order valence-electron chi connectivity index (χ2n) is 3.56. The molecule has 0 aliphatic heterocycles. The van der Waals surface area contributed by atoms with Gasteiger partial charge in [0.1, 0.15) is 5.65 Å². The normalized spacial score (nSPS) is 11.9. The number of alkyl halides is 3. The summed E-state index contributed by atoms with van der Waals surface area (Å²) in [7, 11) is 0. The van der Waals surface area contributed by atoms with E-state index in [4.69, 9.17) is 0 Å². The van der Waals surface area contributed by atoms with Gasteiger partial charge in [-0.1, -0.05) is 0 Å². The molecule has 0 saturated carbocycles. The molecule has 0 amide bonds. The molecule has 7 heteroatoms. The SMILES string of the molecule is O=Cc1cn(CCOC(F)(F)F)c2ncccc12. The standard InChI is InChI=1S/C11H9F3N2O2/c12-11(13,14)18-5-4-16-6-8(7-17)9-2-1-3-15-10(9)16/h1-3,6-7H,4-5H2. The van der Waals surface area contributed by atoms with E-state index in [1.807, 2.05) is 0 Å². The summed E-state index contributed by atoms with van der Waals surface area (Å²) >= 11 is 0. The largest absolute Gasteiger partial charge is 0.522 e. The number of pyridine rings is 1. The van der Waals surface area contributed by atoms with Gasteiger partial charge in [0.15, 0.2) is 6.29 Å². The Kier molecular flexibility index (Phi) is 3.33. The maximum atomic E-state index is 11.8. The molecule has 96 valence electrons. The van der Waals surface area contributed by atoms with Gasteiger partial charge < -0.3 is 4.57 Å².